The number of pyridine rings is 1. The normalized spacial score (nSPS) is 11.1. The molecule has 0 spiro atoms. The Morgan fingerprint density at radius 2 is 1.84 bits per heavy atom. The van der Waals surface area contributed by atoms with Gasteiger partial charge in [0, 0.05) is 24.3 Å². The van der Waals surface area contributed by atoms with Gasteiger partial charge >= 0.3 is 0 Å². The number of rotatable bonds is 8. The van der Waals surface area contributed by atoms with Gasteiger partial charge in [-0.2, -0.15) is 0 Å². The molecule has 0 atom stereocenters. The number of aromatic nitrogens is 1. The van der Waals surface area contributed by atoms with Crippen molar-refractivity contribution in [3.05, 3.63) is 22.9 Å². The molecule has 2 N–H and O–H groups in total. The summed E-state index contributed by atoms with van der Waals surface area (Å²) in [6.07, 6.45) is 2.44. The SMILES string of the molecule is CCNCc1c(C)cc(C)nc1NCC(CC)CC. The molecule has 1 aromatic heterocycles. The van der Waals surface area contributed by atoms with E-state index in [2.05, 4.69) is 56.3 Å². The quantitative estimate of drug-likeness (QED) is 0.751. The molecule has 0 fully saturated rings. The monoisotopic (exact) mass is 263 g/mol. The van der Waals surface area contributed by atoms with Gasteiger partial charge in [0.1, 0.15) is 5.82 Å². The van der Waals surface area contributed by atoms with Crippen LogP contribution in [-0.4, -0.2) is 18.1 Å². The van der Waals surface area contributed by atoms with Gasteiger partial charge in [-0.25, -0.2) is 4.98 Å². The Hall–Kier alpha value is -1.09. The first-order valence-electron chi connectivity index (χ1n) is 7.53. The van der Waals surface area contributed by atoms with E-state index in [-0.39, 0.29) is 0 Å². The highest BCUT2D eigenvalue weighted by Gasteiger charge is 2.10. The second-order valence-corrected chi connectivity index (χ2v) is 5.25. The topological polar surface area (TPSA) is 37.0 Å². The maximum atomic E-state index is 4.68. The van der Waals surface area contributed by atoms with Crippen LogP contribution in [0.3, 0.4) is 0 Å². The van der Waals surface area contributed by atoms with Crippen molar-refractivity contribution < 1.29 is 0 Å². The molecule has 0 aliphatic rings. The van der Waals surface area contributed by atoms with Crippen molar-refractivity contribution in [1.29, 1.82) is 0 Å². The molecule has 108 valence electrons. The summed E-state index contributed by atoms with van der Waals surface area (Å²) < 4.78 is 0. The fraction of sp³-hybridized carbons (Fsp3) is 0.688. The molecule has 0 aliphatic heterocycles. The van der Waals surface area contributed by atoms with E-state index in [1.165, 1.54) is 24.0 Å². The van der Waals surface area contributed by atoms with Gasteiger partial charge in [0.15, 0.2) is 0 Å². The van der Waals surface area contributed by atoms with Crippen molar-refractivity contribution in [3.63, 3.8) is 0 Å². The zero-order chi connectivity index (χ0) is 14.3. The Bertz CT molecular complexity index is 384. The summed E-state index contributed by atoms with van der Waals surface area (Å²) in [5, 5.41) is 6.96. The van der Waals surface area contributed by atoms with Crippen LogP contribution in [0.15, 0.2) is 6.07 Å². The second-order valence-electron chi connectivity index (χ2n) is 5.25. The van der Waals surface area contributed by atoms with Crippen molar-refractivity contribution in [2.24, 2.45) is 5.92 Å². The molecule has 3 heteroatoms. The minimum Gasteiger partial charge on any atom is -0.370 e. The van der Waals surface area contributed by atoms with Crippen molar-refractivity contribution in [2.45, 2.75) is 54.0 Å². The first-order valence-corrected chi connectivity index (χ1v) is 7.53. The van der Waals surface area contributed by atoms with Crippen LogP contribution in [0.5, 0.6) is 0 Å². The standard InChI is InChI=1S/C16H29N3/c1-6-14(7-2)10-18-16-15(11-17-8-3)12(4)9-13(5)19-16/h9,14,17H,6-8,10-11H2,1-5H3,(H,18,19). The first-order chi connectivity index (χ1) is 9.12. The highest BCUT2D eigenvalue weighted by atomic mass is 15.0. The summed E-state index contributed by atoms with van der Waals surface area (Å²) in [5.74, 6) is 1.79. The average molecular weight is 263 g/mol. The van der Waals surface area contributed by atoms with Crippen LogP contribution in [0.25, 0.3) is 0 Å². The largest absolute Gasteiger partial charge is 0.370 e. The third kappa shape index (κ3) is 4.83. The number of anilines is 1. The van der Waals surface area contributed by atoms with Gasteiger partial charge in [0.05, 0.1) is 0 Å². The maximum absolute atomic E-state index is 4.68. The van der Waals surface area contributed by atoms with Crippen LogP contribution in [0, 0.1) is 19.8 Å². The lowest BCUT2D eigenvalue weighted by Gasteiger charge is -2.18. The zero-order valence-electron chi connectivity index (χ0n) is 13.1. The minimum absolute atomic E-state index is 0.731. The Balaban J connectivity index is 2.84. The zero-order valence-corrected chi connectivity index (χ0v) is 13.1. The molecular formula is C16H29N3. The smallest absolute Gasteiger partial charge is 0.131 e. The molecule has 0 amide bonds. The van der Waals surface area contributed by atoms with Crippen LogP contribution in [0.1, 0.15) is 50.4 Å². The fourth-order valence-corrected chi connectivity index (χ4v) is 2.30. The van der Waals surface area contributed by atoms with Crippen molar-refractivity contribution >= 4 is 5.82 Å². The molecule has 0 aromatic carbocycles. The molecule has 1 aromatic rings. The van der Waals surface area contributed by atoms with Gasteiger partial charge in [-0.15, -0.1) is 0 Å². The van der Waals surface area contributed by atoms with Gasteiger partial charge < -0.3 is 10.6 Å². The first kappa shape index (κ1) is 16.0. The number of hydrogen-bond donors (Lipinski definition) is 2. The molecule has 1 heterocycles. The highest BCUT2D eigenvalue weighted by molar-refractivity contribution is 5.49. The molecule has 0 saturated carbocycles. The molecule has 0 saturated heterocycles. The fourth-order valence-electron chi connectivity index (χ4n) is 2.30. The number of nitrogens with zero attached hydrogens (tertiary/aromatic N) is 1. The summed E-state index contributed by atoms with van der Waals surface area (Å²) in [6.45, 7) is 13.8. The molecule has 0 aliphatic carbocycles. The van der Waals surface area contributed by atoms with Crippen molar-refractivity contribution in [2.75, 3.05) is 18.4 Å². The van der Waals surface area contributed by atoms with Crippen LogP contribution in [0.2, 0.25) is 0 Å². The molecule has 0 bridgehead atoms. The average Bonchev–Trinajstić information content (AvgIpc) is 2.38. The number of nitrogens with one attached hydrogen (secondary N) is 2. The number of hydrogen-bond acceptors (Lipinski definition) is 3. The van der Waals surface area contributed by atoms with Crippen LogP contribution >= 0.6 is 0 Å². The third-order valence-electron chi connectivity index (χ3n) is 3.74. The Labute approximate surface area is 118 Å². The Morgan fingerprint density at radius 3 is 2.42 bits per heavy atom. The van der Waals surface area contributed by atoms with Gasteiger partial charge in [0.25, 0.3) is 0 Å². The third-order valence-corrected chi connectivity index (χ3v) is 3.74. The molecule has 3 nitrogen and oxygen atoms in total. The van der Waals surface area contributed by atoms with E-state index in [9.17, 15) is 0 Å². The van der Waals surface area contributed by atoms with E-state index in [1.807, 2.05) is 0 Å². The molecule has 0 unspecified atom stereocenters. The van der Waals surface area contributed by atoms with E-state index >= 15 is 0 Å². The van der Waals surface area contributed by atoms with Crippen molar-refractivity contribution in [1.82, 2.24) is 10.3 Å². The summed E-state index contributed by atoms with van der Waals surface area (Å²) in [7, 11) is 0. The lowest BCUT2D eigenvalue weighted by Crippen LogP contribution is -2.19. The van der Waals surface area contributed by atoms with Crippen molar-refractivity contribution in [3.8, 4) is 0 Å². The molecule has 0 radical (unpaired) electrons. The summed E-state index contributed by atoms with van der Waals surface area (Å²) in [4.78, 5) is 4.68. The van der Waals surface area contributed by atoms with Gasteiger partial charge in [0.2, 0.25) is 0 Å². The van der Waals surface area contributed by atoms with Crippen LogP contribution in [0.4, 0.5) is 5.82 Å². The predicted molar refractivity (Wildman–Crippen MR) is 83.7 cm³/mol. The van der Waals surface area contributed by atoms with Crippen LogP contribution in [-0.2, 0) is 6.54 Å². The highest BCUT2D eigenvalue weighted by Crippen LogP contribution is 2.19. The van der Waals surface area contributed by atoms with E-state index in [4.69, 9.17) is 0 Å². The molecule has 19 heavy (non-hydrogen) atoms. The summed E-state index contributed by atoms with van der Waals surface area (Å²) >= 11 is 0. The Kier molecular flexibility index (Phi) is 6.85. The predicted octanol–water partition coefficient (Wildman–Crippen LogP) is 3.66. The lowest BCUT2D eigenvalue weighted by molar-refractivity contribution is 0.518. The number of aryl methyl sites for hydroxylation is 2. The van der Waals surface area contributed by atoms with Crippen LogP contribution < -0.4 is 10.6 Å². The summed E-state index contributed by atoms with van der Waals surface area (Å²) in [6, 6.07) is 2.16. The lowest BCUT2D eigenvalue weighted by atomic mass is 10.0. The van der Waals surface area contributed by atoms with E-state index in [0.717, 1.165) is 37.1 Å². The molecular weight excluding hydrogens is 234 g/mol. The summed E-state index contributed by atoms with van der Waals surface area (Å²) in [5.41, 5.74) is 3.71. The van der Waals surface area contributed by atoms with E-state index < -0.39 is 0 Å². The van der Waals surface area contributed by atoms with Gasteiger partial charge in [-0.05, 0) is 37.9 Å². The van der Waals surface area contributed by atoms with Gasteiger partial charge in [-0.1, -0.05) is 33.6 Å². The minimum atomic E-state index is 0.731. The van der Waals surface area contributed by atoms with E-state index in [1.54, 1.807) is 0 Å². The second kappa shape index (κ2) is 8.16. The van der Waals surface area contributed by atoms with Gasteiger partial charge in [-0.3, -0.25) is 0 Å². The Morgan fingerprint density at radius 1 is 1.16 bits per heavy atom. The maximum Gasteiger partial charge on any atom is 0.131 e. The van der Waals surface area contributed by atoms with E-state index in [0.29, 0.717) is 0 Å². The molecule has 1 rings (SSSR count).